The van der Waals surface area contributed by atoms with Crippen molar-refractivity contribution >= 4 is 12.0 Å². The fourth-order valence-corrected chi connectivity index (χ4v) is 2.34. The highest BCUT2D eigenvalue weighted by Gasteiger charge is 2.13. The first-order valence-corrected chi connectivity index (χ1v) is 8.13. The Morgan fingerprint density at radius 2 is 1.93 bits per heavy atom. The molecular weight excluding hydrogens is 344 g/mol. The van der Waals surface area contributed by atoms with Crippen LogP contribution in [0.4, 0.5) is 0 Å². The monoisotopic (exact) mass is 360 g/mol. The first kappa shape index (κ1) is 18.0. The lowest BCUT2D eigenvalue weighted by atomic mass is 10.1. The van der Waals surface area contributed by atoms with E-state index in [1.807, 2.05) is 36.4 Å². The summed E-state index contributed by atoms with van der Waals surface area (Å²) in [7, 11) is 1.57. The molecule has 3 rings (SSSR count). The van der Waals surface area contributed by atoms with Crippen molar-refractivity contribution in [3.63, 3.8) is 0 Å². The molecule has 0 saturated carbocycles. The zero-order chi connectivity index (χ0) is 19.1. The summed E-state index contributed by atoms with van der Waals surface area (Å²) in [5.41, 5.74) is 1.92. The number of esters is 1. The van der Waals surface area contributed by atoms with Crippen molar-refractivity contribution in [2.75, 3.05) is 7.11 Å². The molecule has 6 nitrogen and oxygen atoms in total. The van der Waals surface area contributed by atoms with Crippen LogP contribution < -0.4 is 4.74 Å². The van der Waals surface area contributed by atoms with E-state index in [9.17, 15) is 10.1 Å². The molecule has 0 spiro atoms. The Morgan fingerprint density at radius 3 is 2.59 bits per heavy atom. The summed E-state index contributed by atoms with van der Waals surface area (Å²) in [5, 5.41) is 13.1. The maximum absolute atomic E-state index is 12.2. The van der Waals surface area contributed by atoms with Crippen LogP contribution in [0.25, 0.3) is 17.4 Å². The summed E-state index contributed by atoms with van der Waals surface area (Å²) >= 11 is 0. The van der Waals surface area contributed by atoms with Crippen LogP contribution in [0.1, 0.15) is 11.3 Å². The zero-order valence-electron chi connectivity index (χ0n) is 14.6. The number of methoxy groups -OCH3 is 1. The van der Waals surface area contributed by atoms with Crippen molar-refractivity contribution in [1.82, 2.24) is 5.16 Å². The summed E-state index contributed by atoms with van der Waals surface area (Å²) < 4.78 is 15.5. The Balaban J connectivity index is 1.64. The Labute approximate surface area is 156 Å². The van der Waals surface area contributed by atoms with E-state index < -0.39 is 5.97 Å². The predicted octanol–water partition coefficient (Wildman–Crippen LogP) is 4.00. The standard InChI is InChI=1S/C21H16N2O4/c1-25-19-9-7-15(8-10-19)11-17(13-22)21(24)26-14-18-12-20(27-23-18)16-5-3-2-4-6-16/h2-12H,14H2,1H3/b17-11+. The topological polar surface area (TPSA) is 85.3 Å². The molecule has 134 valence electrons. The van der Waals surface area contributed by atoms with E-state index >= 15 is 0 Å². The largest absolute Gasteiger partial charge is 0.497 e. The van der Waals surface area contributed by atoms with Crippen LogP contribution in [0.2, 0.25) is 0 Å². The fraction of sp³-hybridized carbons (Fsp3) is 0.0952. The second-order valence-electron chi connectivity index (χ2n) is 5.57. The highest BCUT2D eigenvalue weighted by molar-refractivity contribution is 5.97. The fourth-order valence-electron chi connectivity index (χ4n) is 2.34. The van der Waals surface area contributed by atoms with Crippen LogP contribution in [0.5, 0.6) is 5.75 Å². The molecule has 1 heterocycles. The summed E-state index contributed by atoms with van der Waals surface area (Å²) in [6.45, 7) is -0.0865. The molecule has 0 aliphatic heterocycles. The van der Waals surface area contributed by atoms with Gasteiger partial charge >= 0.3 is 5.97 Å². The van der Waals surface area contributed by atoms with Gasteiger partial charge in [0.1, 0.15) is 29.7 Å². The maximum Gasteiger partial charge on any atom is 0.349 e. The minimum absolute atomic E-state index is 0.0865. The van der Waals surface area contributed by atoms with Gasteiger partial charge in [0.2, 0.25) is 0 Å². The Kier molecular flexibility index (Phi) is 5.65. The summed E-state index contributed by atoms with van der Waals surface area (Å²) in [4.78, 5) is 12.2. The van der Waals surface area contributed by atoms with Crippen LogP contribution in [0.3, 0.4) is 0 Å². The Morgan fingerprint density at radius 1 is 1.19 bits per heavy atom. The molecule has 2 aromatic carbocycles. The molecule has 0 N–H and O–H groups in total. The van der Waals surface area contributed by atoms with Gasteiger partial charge in [-0.15, -0.1) is 0 Å². The van der Waals surface area contributed by atoms with Gasteiger partial charge in [-0.3, -0.25) is 0 Å². The number of rotatable bonds is 6. The summed E-state index contributed by atoms with van der Waals surface area (Å²) in [6, 6.07) is 20.0. The van der Waals surface area contributed by atoms with E-state index in [0.717, 1.165) is 5.56 Å². The lowest BCUT2D eigenvalue weighted by Crippen LogP contribution is -2.07. The normalized spacial score (nSPS) is 10.9. The van der Waals surface area contributed by atoms with Gasteiger partial charge in [-0.25, -0.2) is 4.79 Å². The van der Waals surface area contributed by atoms with Gasteiger partial charge in [0, 0.05) is 11.6 Å². The summed E-state index contributed by atoms with van der Waals surface area (Å²) in [5.74, 6) is 0.544. The summed E-state index contributed by atoms with van der Waals surface area (Å²) in [6.07, 6.45) is 1.46. The van der Waals surface area contributed by atoms with Crippen LogP contribution in [0.15, 0.2) is 70.8 Å². The average molecular weight is 360 g/mol. The molecule has 0 amide bonds. The smallest absolute Gasteiger partial charge is 0.349 e. The second kappa shape index (κ2) is 8.50. The third-order valence-electron chi connectivity index (χ3n) is 3.74. The second-order valence-corrected chi connectivity index (χ2v) is 5.57. The van der Waals surface area contributed by atoms with Crippen LogP contribution >= 0.6 is 0 Å². The lowest BCUT2D eigenvalue weighted by molar-refractivity contribution is -0.139. The molecule has 0 aliphatic carbocycles. The van der Waals surface area contributed by atoms with Crippen LogP contribution in [-0.2, 0) is 16.1 Å². The van der Waals surface area contributed by atoms with Gasteiger partial charge in [-0.05, 0) is 23.8 Å². The van der Waals surface area contributed by atoms with Crippen molar-refractivity contribution in [2.45, 2.75) is 6.61 Å². The van der Waals surface area contributed by atoms with E-state index in [-0.39, 0.29) is 12.2 Å². The SMILES string of the molecule is COc1ccc(/C=C(\C#N)C(=O)OCc2cc(-c3ccccc3)on2)cc1. The predicted molar refractivity (Wildman–Crippen MR) is 98.3 cm³/mol. The van der Waals surface area contributed by atoms with Crippen molar-refractivity contribution < 1.29 is 18.8 Å². The lowest BCUT2D eigenvalue weighted by Gasteiger charge is -2.02. The molecule has 0 bridgehead atoms. The number of carbonyl (C=O) groups is 1. The van der Waals surface area contributed by atoms with Gasteiger partial charge in [0.15, 0.2) is 5.76 Å². The molecule has 1 aromatic heterocycles. The Hall–Kier alpha value is -3.85. The van der Waals surface area contributed by atoms with Gasteiger partial charge in [0.25, 0.3) is 0 Å². The first-order valence-electron chi connectivity index (χ1n) is 8.13. The molecule has 0 aliphatic rings. The van der Waals surface area contributed by atoms with E-state index in [4.69, 9.17) is 14.0 Å². The number of aromatic nitrogens is 1. The minimum atomic E-state index is -0.724. The highest BCUT2D eigenvalue weighted by atomic mass is 16.5. The van der Waals surface area contributed by atoms with Crippen molar-refractivity contribution in [3.05, 3.63) is 77.5 Å². The van der Waals surface area contributed by atoms with Crippen LogP contribution in [-0.4, -0.2) is 18.2 Å². The molecule has 0 saturated heterocycles. The van der Waals surface area contributed by atoms with E-state index in [1.165, 1.54) is 6.08 Å². The van der Waals surface area contributed by atoms with Crippen molar-refractivity contribution in [3.8, 4) is 23.1 Å². The zero-order valence-corrected chi connectivity index (χ0v) is 14.6. The van der Waals surface area contributed by atoms with E-state index in [1.54, 1.807) is 37.4 Å². The average Bonchev–Trinajstić information content (AvgIpc) is 3.20. The third kappa shape index (κ3) is 4.61. The number of benzene rings is 2. The third-order valence-corrected chi connectivity index (χ3v) is 3.74. The first-order chi connectivity index (χ1) is 13.2. The maximum atomic E-state index is 12.2. The molecule has 3 aromatic rings. The molecule has 0 atom stereocenters. The van der Waals surface area contributed by atoms with E-state index in [0.29, 0.717) is 22.8 Å². The number of ether oxygens (including phenoxy) is 2. The molecule has 0 unspecified atom stereocenters. The number of hydrogen-bond donors (Lipinski definition) is 0. The highest BCUT2D eigenvalue weighted by Crippen LogP contribution is 2.20. The molecule has 6 heteroatoms. The molecular formula is C21H16N2O4. The van der Waals surface area contributed by atoms with Gasteiger partial charge in [-0.1, -0.05) is 47.6 Å². The molecule has 0 fully saturated rings. The minimum Gasteiger partial charge on any atom is -0.497 e. The van der Waals surface area contributed by atoms with E-state index in [2.05, 4.69) is 5.16 Å². The van der Waals surface area contributed by atoms with Gasteiger partial charge in [0.05, 0.1) is 7.11 Å². The number of hydrogen-bond acceptors (Lipinski definition) is 6. The molecule has 0 radical (unpaired) electrons. The number of nitriles is 1. The quantitative estimate of drug-likeness (QED) is 0.375. The van der Waals surface area contributed by atoms with Crippen LogP contribution in [0, 0.1) is 11.3 Å². The Bertz CT molecular complexity index is 983. The number of nitrogens with zero attached hydrogens (tertiary/aromatic N) is 2. The van der Waals surface area contributed by atoms with Crippen molar-refractivity contribution in [2.24, 2.45) is 0 Å². The van der Waals surface area contributed by atoms with Gasteiger partial charge in [-0.2, -0.15) is 5.26 Å². The number of carbonyl (C=O) groups excluding carboxylic acids is 1. The van der Waals surface area contributed by atoms with Crippen molar-refractivity contribution in [1.29, 1.82) is 5.26 Å². The molecule has 27 heavy (non-hydrogen) atoms. The van der Waals surface area contributed by atoms with Gasteiger partial charge < -0.3 is 14.0 Å².